The first-order chi connectivity index (χ1) is 9.45. The van der Waals surface area contributed by atoms with Gasteiger partial charge in [0.25, 0.3) is 0 Å². The highest BCUT2D eigenvalue weighted by molar-refractivity contribution is 5.78. The van der Waals surface area contributed by atoms with Crippen LogP contribution in [0.15, 0.2) is 24.3 Å². The van der Waals surface area contributed by atoms with Crippen molar-refractivity contribution in [3.05, 3.63) is 35.4 Å². The molecule has 0 aliphatic carbocycles. The van der Waals surface area contributed by atoms with Crippen molar-refractivity contribution in [2.45, 2.75) is 39.3 Å². The van der Waals surface area contributed by atoms with Crippen LogP contribution in [0.4, 0.5) is 0 Å². The van der Waals surface area contributed by atoms with Crippen molar-refractivity contribution in [2.24, 2.45) is 5.73 Å². The van der Waals surface area contributed by atoms with E-state index < -0.39 is 0 Å². The van der Waals surface area contributed by atoms with Gasteiger partial charge in [0.15, 0.2) is 0 Å². The minimum atomic E-state index is -0.0401. The number of hydrogen-bond donors (Lipinski definition) is 2. The standard InChI is InChI=1S/C16H27N3O/c1-5-10-18-15(20)11-19(4)16(13(3)17)14-8-6-12(2)7-9-14/h6-9,13,16H,5,10-11,17H2,1-4H3,(H,18,20). The maximum Gasteiger partial charge on any atom is 0.234 e. The quantitative estimate of drug-likeness (QED) is 0.799. The third-order valence-corrected chi connectivity index (χ3v) is 3.36. The molecule has 1 rings (SSSR count). The molecule has 0 bridgehead atoms. The number of rotatable bonds is 7. The lowest BCUT2D eigenvalue weighted by Crippen LogP contribution is -2.42. The van der Waals surface area contributed by atoms with Crippen molar-refractivity contribution >= 4 is 5.91 Å². The van der Waals surface area contributed by atoms with Gasteiger partial charge in [-0.1, -0.05) is 36.8 Å². The number of carbonyl (C=O) groups is 1. The first-order valence-electron chi connectivity index (χ1n) is 7.24. The summed E-state index contributed by atoms with van der Waals surface area (Å²) in [5.41, 5.74) is 8.48. The number of nitrogens with one attached hydrogen (secondary N) is 1. The average molecular weight is 277 g/mol. The minimum absolute atomic E-state index is 0.0401. The second kappa shape index (κ2) is 8.02. The van der Waals surface area contributed by atoms with Crippen molar-refractivity contribution < 1.29 is 4.79 Å². The van der Waals surface area contributed by atoms with Gasteiger partial charge < -0.3 is 11.1 Å². The second-order valence-electron chi connectivity index (χ2n) is 5.48. The Balaban J connectivity index is 2.75. The highest BCUT2D eigenvalue weighted by Gasteiger charge is 2.22. The van der Waals surface area contributed by atoms with E-state index in [0.29, 0.717) is 6.54 Å². The Morgan fingerprint density at radius 3 is 2.45 bits per heavy atom. The molecule has 0 saturated carbocycles. The summed E-state index contributed by atoms with van der Waals surface area (Å²) >= 11 is 0. The van der Waals surface area contributed by atoms with Gasteiger partial charge in [0.05, 0.1) is 6.54 Å². The molecule has 0 fully saturated rings. The van der Waals surface area contributed by atoms with Gasteiger partial charge in [-0.05, 0) is 32.9 Å². The molecule has 4 nitrogen and oxygen atoms in total. The molecule has 1 aromatic rings. The van der Waals surface area contributed by atoms with E-state index in [0.717, 1.165) is 18.5 Å². The monoisotopic (exact) mass is 277 g/mol. The number of hydrogen-bond acceptors (Lipinski definition) is 3. The Bertz CT molecular complexity index is 414. The number of aryl methyl sites for hydroxylation is 1. The third kappa shape index (κ3) is 4.94. The van der Waals surface area contributed by atoms with Gasteiger partial charge in [0.2, 0.25) is 5.91 Å². The molecule has 0 aliphatic heterocycles. The summed E-state index contributed by atoms with van der Waals surface area (Å²) in [5, 5.41) is 2.90. The van der Waals surface area contributed by atoms with Crippen LogP contribution < -0.4 is 11.1 Å². The summed E-state index contributed by atoms with van der Waals surface area (Å²) in [6.07, 6.45) is 0.949. The van der Waals surface area contributed by atoms with E-state index in [-0.39, 0.29) is 18.0 Å². The summed E-state index contributed by atoms with van der Waals surface area (Å²) < 4.78 is 0. The Labute approximate surface area is 122 Å². The first kappa shape index (κ1) is 16.7. The molecule has 0 saturated heterocycles. The van der Waals surface area contributed by atoms with Crippen LogP contribution in [0.1, 0.15) is 37.4 Å². The molecule has 20 heavy (non-hydrogen) atoms. The lowest BCUT2D eigenvalue weighted by molar-refractivity contribution is -0.122. The molecule has 1 amide bonds. The summed E-state index contributed by atoms with van der Waals surface area (Å²) in [5.74, 6) is 0.0483. The fourth-order valence-corrected chi connectivity index (χ4v) is 2.37. The summed E-state index contributed by atoms with van der Waals surface area (Å²) in [6.45, 7) is 7.17. The lowest BCUT2D eigenvalue weighted by Gasteiger charge is -2.31. The van der Waals surface area contributed by atoms with E-state index in [9.17, 15) is 4.79 Å². The second-order valence-corrected chi connectivity index (χ2v) is 5.48. The largest absolute Gasteiger partial charge is 0.355 e. The van der Waals surface area contributed by atoms with Crippen molar-refractivity contribution in [1.29, 1.82) is 0 Å². The normalized spacial score (nSPS) is 14.1. The van der Waals surface area contributed by atoms with Gasteiger partial charge >= 0.3 is 0 Å². The molecule has 0 heterocycles. The van der Waals surface area contributed by atoms with Crippen LogP contribution in [0.2, 0.25) is 0 Å². The van der Waals surface area contributed by atoms with Crippen molar-refractivity contribution in [3.63, 3.8) is 0 Å². The zero-order chi connectivity index (χ0) is 15.1. The molecule has 2 atom stereocenters. The molecule has 3 N–H and O–H groups in total. The zero-order valence-corrected chi connectivity index (χ0v) is 13.0. The molecule has 0 aromatic heterocycles. The van der Waals surface area contributed by atoms with Gasteiger partial charge in [-0.15, -0.1) is 0 Å². The van der Waals surface area contributed by atoms with Crippen molar-refractivity contribution in [3.8, 4) is 0 Å². The van der Waals surface area contributed by atoms with E-state index in [2.05, 4.69) is 36.5 Å². The number of nitrogens with zero attached hydrogens (tertiary/aromatic N) is 1. The molecular formula is C16H27N3O. The smallest absolute Gasteiger partial charge is 0.234 e. The average Bonchev–Trinajstić information content (AvgIpc) is 2.38. The third-order valence-electron chi connectivity index (χ3n) is 3.36. The van der Waals surface area contributed by atoms with Crippen molar-refractivity contribution in [2.75, 3.05) is 20.1 Å². The molecular weight excluding hydrogens is 250 g/mol. The highest BCUT2D eigenvalue weighted by Crippen LogP contribution is 2.22. The molecule has 0 spiro atoms. The lowest BCUT2D eigenvalue weighted by atomic mass is 9.98. The molecule has 112 valence electrons. The van der Waals surface area contributed by atoms with Gasteiger partial charge in [0.1, 0.15) is 0 Å². The Kier molecular flexibility index (Phi) is 6.68. The van der Waals surface area contributed by atoms with Crippen LogP contribution in [0, 0.1) is 6.92 Å². The Morgan fingerprint density at radius 1 is 1.35 bits per heavy atom. The van der Waals surface area contributed by atoms with Gasteiger partial charge in [0, 0.05) is 18.6 Å². The van der Waals surface area contributed by atoms with E-state index in [1.54, 1.807) is 0 Å². The van der Waals surface area contributed by atoms with E-state index in [1.807, 2.05) is 25.8 Å². The van der Waals surface area contributed by atoms with E-state index in [4.69, 9.17) is 5.73 Å². The highest BCUT2D eigenvalue weighted by atomic mass is 16.2. The number of amides is 1. The van der Waals surface area contributed by atoms with Crippen molar-refractivity contribution in [1.82, 2.24) is 10.2 Å². The predicted octanol–water partition coefficient (Wildman–Crippen LogP) is 1.84. The first-order valence-corrected chi connectivity index (χ1v) is 7.24. The maximum atomic E-state index is 11.8. The van der Waals surface area contributed by atoms with E-state index >= 15 is 0 Å². The van der Waals surface area contributed by atoms with Crippen LogP contribution in [0.5, 0.6) is 0 Å². The van der Waals surface area contributed by atoms with Crippen LogP contribution >= 0.6 is 0 Å². The number of carbonyl (C=O) groups excluding carboxylic acids is 1. The van der Waals surface area contributed by atoms with Crippen LogP contribution in [-0.2, 0) is 4.79 Å². The van der Waals surface area contributed by atoms with Crippen LogP contribution in [0.3, 0.4) is 0 Å². The Morgan fingerprint density at radius 2 is 1.95 bits per heavy atom. The molecule has 4 heteroatoms. The van der Waals surface area contributed by atoms with Crippen LogP contribution in [0.25, 0.3) is 0 Å². The number of likely N-dealkylation sites (N-methyl/N-ethyl adjacent to an activating group) is 1. The summed E-state index contributed by atoms with van der Waals surface area (Å²) in [4.78, 5) is 13.8. The minimum Gasteiger partial charge on any atom is -0.355 e. The van der Waals surface area contributed by atoms with Gasteiger partial charge in [-0.2, -0.15) is 0 Å². The zero-order valence-electron chi connectivity index (χ0n) is 13.0. The SMILES string of the molecule is CCCNC(=O)CN(C)C(c1ccc(C)cc1)C(C)N. The fraction of sp³-hybridized carbons (Fsp3) is 0.562. The van der Waals surface area contributed by atoms with Gasteiger partial charge in [-0.25, -0.2) is 0 Å². The van der Waals surface area contributed by atoms with Crippen LogP contribution in [-0.4, -0.2) is 37.0 Å². The molecule has 0 radical (unpaired) electrons. The molecule has 1 aromatic carbocycles. The summed E-state index contributed by atoms with van der Waals surface area (Å²) in [6, 6.07) is 8.34. The molecule has 2 unspecified atom stereocenters. The fourth-order valence-electron chi connectivity index (χ4n) is 2.37. The predicted molar refractivity (Wildman–Crippen MR) is 83.5 cm³/mol. The number of nitrogens with two attached hydrogens (primary N) is 1. The molecule has 0 aliphatic rings. The Hall–Kier alpha value is -1.39. The maximum absolute atomic E-state index is 11.8. The number of benzene rings is 1. The summed E-state index contributed by atoms with van der Waals surface area (Å²) in [7, 11) is 1.94. The topological polar surface area (TPSA) is 58.4 Å². The van der Waals surface area contributed by atoms with E-state index in [1.165, 1.54) is 5.56 Å². The van der Waals surface area contributed by atoms with Gasteiger partial charge in [-0.3, -0.25) is 9.69 Å².